The molecule has 0 aliphatic heterocycles. The van der Waals surface area contributed by atoms with E-state index in [0.717, 1.165) is 61.1 Å². The van der Waals surface area contributed by atoms with Gasteiger partial charge < -0.3 is 0 Å². The number of hydrogen-bond acceptors (Lipinski definition) is 4. The summed E-state index contributed by atoms with van der Waals surface area (Å²) in [6.45, 7) is 0. The molecule has 9 rings (SSSR count). The average Bonchev–Trinajstić information content (AvgIpc) is 3.60. The van der Waals surface area contributed by atoms with Gasteiger partial charge in [0.05, 0.1) is 11.2 Å². The van der Waals surface area contributed by atoms with Gasteiger partial charge in [-0.2, -0.15) is 5.10 Å². The van der Waals surface area contributed by atoms with Crippen molar-refractivity contribution < 1.29 is 0 Å². The molecule has 0 amide bonds. The molecule has 5 heteroatoms. The molecule has 230 valence electrons. The van der Waals surface area contributed by atoms with Gasteiger partial charge >= 0.3 is 0 Å². The van der Waals surface area contributed by atoms with Gasteiger partial charge in [-0.1, -0.05) is 158 Å². The highest BCUT2D eigenvalue weighted by Crippen LogP contribution is 2.42. The van der Waals surface area contributed by atoms with Crippen LogP contribution >= 0.6 is 0 Å². The van der Waals surface area contributed by atoms with Gasteiger partial charge in [-0.3, -0.25) is 0 Å². The van der Waals surface area contributed by atoms with E-state index in [1.807, 2.05) is 66.7 Å². The second kappa shape index (κ2) is 12.1. The minimum atomic E-state index is 0.620. The summed E-state index contributed by atoms with van der Waals surface area (Å²) in [6.07, 6.45) is 0. The van der Waals surface area contributed by atoms with Gasteiger partial charge in [0.1, 0.15) is 5.69 Å². The molecule has 0 bridgehead atoms. The van der Waals surface area contributed by atoms with Crippen molar-refractivity contribution in [2.75, 3.05) is 0 Å². The molecule has 49 heavy (non-hydrogen) atoms. The molecule has 2 aromatic heterocycles. The summed E-state index contributed by atoms with van der Waals surface area (Å²) >= 11 is 0. The minimum Gasteiger partial charge on any atom is -0.232 e. The van der Waals surface area contributed by atoms with Crippen LogP contribution in [0.2, 0.25) is 0 Å². The van der Waals surface area contributed by atoms with E-state index >= 15 is 0 Å². The molecule has 0 radical (unpaired) electrons. The second-order valence-electron chi connectivity index (χ2n) is 11.9. The van der Waals surface area contributed by atoms with Crippen LogP contribution in [0.25, 0.3) is 83.9 Å². The summed E-state index contributed by atoms with van der Waals surface area (Å²) in [6, 6.07) is 60.4. The Labute approximate surface area is 283 Å². The van der Waals surface area contributed by atoms with E-state index in [4.69, 9.17) is 20.1 Å². The molecule has 7 aromatic carbocycles. The molecular formula is C44H29N5. The number of benzene rings is 7. The van der Waals surface area contributed by atoms with Gasteiger partial charge in [0.15, 0.2) is 17.5 Å². The fourth-order valence-corrected chi connectivity index (χ4v) is 6.51. The molecule has 5 nitrogen and oxygen atoms in total. The maximum absolute atomic E-state index is 5.35. The van der Waals surface area contributed by atoms with Crippen molar-refractivity contribution >= 4 is 21.7 Å². The average molecular weight is 628 g/mol. The van der Waals surface area contributed by atoms with Crippen molar-refractivity contribution in [1.29, 1.82) is 0 Å². The molecule has 0 saturated heterocycles. The van der Waals surface area contributed by atoms with Crippen molar-refractivity contribution in [2.45, 2.75) is 0 Å². The zero-order chi connectivity index (χ0) is 32.6. The number of nitrogens with zero attached hydrogens (tertiary/aromatic N) is 5. The van der Waals surface area contributed by atoms with Crippen LogP contribution in [0, 0.1) is 0 Å². The van der Waals surface area contributed by atoms with Crippen molar-refractivity contribution in [2.24, 2.45) is 0 Å². The molecule has 0 fully saturated rings. The number of rotatable bonds is 6. The maximum atomic E-state index is 5.35. The third-order valence-corrected chi connectivity index (χ3v) is 8.87. The standard InChI is InChI=1S/C44H29N5/c1-5-15-30(16-6-1)38-29-35-21-13-14-24-37(35)41-39(38)40(48-49(41)36-22-11-4-12-23-36)31-25-27-34(28-26-31)44-46-42(32-17-7-2-8-18-32)45-43(47-44)33-19-9-3-10-20-33/h1-29H. The highest BCUT2D eigenvalue weighted by atomic mass is 15.3. The first-order valence-electron chi connectivity index (χ1n) is 16.3. The molecule has 0 aliphatic carbocycles. The van der Waals surface area contributed by atoms with Crippen LogP contribution < -0.4 is 0 Å². The smallest absolute Gasteiger partial charge is 0.164 e. The number of hydrogen-bond donors (Lipinski definition) is 0. The van der Waals surface area contributed by atoms with E-state index in [9.17, 15) is 0 Å². The lowest BCUT2D eigenvalue weighted by molar-refractivity contribution is 0.918. The summed E-state index contributed by atoms with van der Waals surface area (Å²) in [5.41, 5.74) is 9.11. The lowest BCUT2D eigenvalue weighted by Gasteiger charge is -2.11. The maximum Gasteiger partial charge on any atom is 0.164 e. The van der Waals surface area contributed by atoms with Crippen LogP contribution in [0.4, 0.5) is 0 Å². The van der Waals surface area contributed by atoms with Gasteiger partial charge in [0.2, 0.25) is 0 Å². The lowest BCUT2D eigenvalue weighted by Crippen LogP contribution is -2.00. The Bertz CT molecular complexity index is 2500. The molecule has 0 spiro atoms. The van der Waals surface area contributed by atoms with Crippen molar-refractivity contribution in [3.05, 3.63) is 176 Å². The van der Waals surface area contributed by atoms with Gasteiger partial charge in [0, 0.05) is 33.0 Å². The molecule has 0 atom stereocenters. The van der Waals surface area contributed by atoms with Crippen molar-refractivity contribution in [3.8, 4) is 62.2 Å². The van der Waals surface area contributed by atoms with E-state index in [2.05, 4.69) is 114 Å². The predicted molar refractivity (Wildman–Crippen MR) is 199 cm³/mol. The van der Waals surface area contributed by atoms with Gasteiger partial charge in [-0.15, -0.1) is 0 Å². The molecule has 0 N–H and O–H groups in total. The lowest BCUT2D eigenvalue weighted by atomic mass is 9.93. The molecule has 9 aromatic rings. The Morgan fingerprint density at radius 1 is 0.388 bits per heavy atom. The first kappa shape index (κ1) is 28.5. The first-order chi connectivity index (χ1) is 24.3. The Balaban J connectivity index is 1.24. The van der Waals surface area contributed by atoms with Gasteiger partial charge in [0.25, 0.3) is 0 Å². The minimum absolute atomic E-state index is 0.620. The molecule has 0 saturated carbocycles. The van der Waals surface area contributed by atoms with Crippen molar-refractivity contribution in [1.82, 2.24) is 24.7 Å². The fourth-order valence-electron chi connectivity index (χ4n) is 6.51. The van der Waals surface area contributed by atoms with Crippen LogP contribution in [-0.4, -0.2) is 24.7 Å². The summed E-state index contributed by atoms with van der Waals surface area (Å²) < 4.78 is 2.09. The predicted octanol–water partition coefficient (Wildman–Crippen LogP) is 10.7. The summed E-state index contributed by atoms with van der Waals surface area (Å²) in [7, 11) is 0. The third kappa shape index (κ3) is 5.24. The van der Waals surface area contributed by atoms with E-state index < -0.39 is 0 Å². The van der Waals surface area contributed by atoms with Crippen LogP contribution in [0.15, 0.2) is 176 Å². The zero-order valence-electron chi connectivity index (χ0n) is 26.5. The summed E-state index contributed by atoms with van der Waals surface area (Å²) in [5, 5.41) is 8.79. The molecule has 0 unspecified atom stereocenters. The topological polar surface area (TPSA) is 56.5 Å². The van der Waals surface area contributed by atoms with Gasteiger partial charge in [-0.25, -0.2) is 19.6 Å². The second-order valence-corrected chi connectivity index (χ2v) is 11.9. The number of fused-ring (bicyclic) bond motifs is 3. The summed E-state index contributed by atoms with van der Waals surface area (Å²) in [5.74, 6) is 1.90. The number of aromatic nitrogens is 5. The Morgan fingerprint density at radius 3 is 1.41 bits per heavy atom. The normalized spacial score (nSPS) is 11.3. The first-order valence-corrected chi connectivity index (χ1v) is 16.3. The molecule has 2 heterocycles. The highest BCUT2D eigenvalue weighted by molar-refractivity contribution is 6.17. The van der Waals surface area contributed by atoms with Crippen LogP contribution in [0.5, 0.6) is 0 Å². The monoisotopic (exact) mass is 627 g/mol. The Hall–Kier alpha value is -6.72. The van der Waals surface area contributed by atoms with E-state index in [-0.39, 0.29) is 0 Å². The van der Waals surface area contributed by atoms with E-state index in [1.54, 1.807) is 0 Å². The number of para-hydroxylation sites is 1. The molecule has 0 aliphatic rings. The summed E-state index contributed by atoms with van der Waals surface area (Å²) in [4.78, 5) is 14.7. The Morgan fingerprint density at radius 2 is 0.837 bits per heavy atom. The van der Waals surface area contributed by atoms with Crippen LogP contribution in [0.1, 0.15) is 0 Å². The largest absolute Gasteiger partial charge is 0.232 e. The zero-order valence-corrected chi connectivity index (χ0v) is 26.5. The highest BCUT2D eigenvalue weighted by Gasteiger charge is 2.21. The quantitative estimate of drug-likeness (QED) is 0.184. The SMILES string of the molecule is c1ccc(-c2nc(-c3ccccc3)nc(-c3ccc(-c4nn(-c5ccccc5)c5c4c(-c4ccccc4)cc4ccccc45)cc3)n2)cc1. The van der Waals surface area contributed by atoms with Crippen LogP contribution in [0.3, 0.4) is 0 Å². The van der Waals surface area contributed by atoms with E-state index in [0.29, 0.717) is 17.5 Å². The molecular weight excluding hydrogens is 599 g/mol. The van der Waals surface area contributed by atoms with Crippen LogP contribution in [-0.2, 0) is 0 Å². The van der Waals surface area contributed by atoms with Crippen molar-refractivity contribution in [3.63, 3.8) is 0 Å². The third-order valence-electron chi connectivity index (χ3n) is 8.87. The van der Waals surface area contributed by atoms with E-state index in [1.165, 1.54) is 5.39 Å². The Kier molecular flexibility index (Phi) is 7.06. The fraction of sp³-hybridized carbons (Fsp3) is 0. The van der Waals surface area contributed by atoms with Gasteiger partial charge in [-0.05, 0) is 34.7 Å².